The number of carboxylic acids is 1. The van der Waals surface area contributed by atoms with Crippen LogP contribution in [-0.2, 0) is 19.1 Å². The number of nitrogens with one attached hydrogen (secondary N) is 2. The summed E-state index contributed by atoms with van der Waals surface area (Å²) >= 11 is 0. The molecule has 3 N–H and O–H groups in total. The Labute approximate surface area is 174 Å². The van der Waals surface area contributed by atoms with Crippen LogP contribution in [0.1, 0.15) is 23.5 Å². The Hall–Kier alpha value is -3.39. The SMILES string of the molecule is COCC(NC(=O)OCC1c2ccccc2-c2ccccc21)C(=O)NCCC(=O)O. The van der Waals surface area contributed by atoms with Gasteiger partial charge in [-0.1, -0.05) is 48.5 Å². The van der Waals surface area contributed by atoms with E-state index < -0.39 is 24.0 Å². The number of benzene rings is 2. The predicted molar refractivity (Wildman–Crippen MR) is 109 cm³/mol. The number of ether oxygens (including phenoxy) is 2. The fourth-order valence-corrected chi connectivity index (χ4v) is 3.55. The molecule has 0 saturated carbocycles. The first-order chi connectivity index (χ1) is 14.5. The van der Waals surface area contributed by atoms with E-state index in [1.54, 1.807) is 0 Å². The Morgan fingerprint density at radius 3 is 2.20 bits per heavy atom. The number of hydrogen-bond acceptors (Lipinski definition) is 5. The molecule has 2 aromatic rings. The molecule has 1 unspecified atom stereocenters. The first kappa shape index (κ1) is 21.3. The van der Waals surface area contributed by atoms with Gasteiger partial charge in [0.15, 0.2) is 0 Å². The maximum absolute atomic E-state index is 12.3. The Morgan fingerprint density at radius 1 is 1.03 bits per heavy atom. The molecule has 1 aliphatic carbocycles. The molecule has 1 aliphatic rings. The summed E-state index contributed by atoms with van der Waals surface area (Å²) in [6.45, 7) is 0.0179. The monoisotopic (exact) mass is 412 g/mol. The zero-order valence-corrected chi connectivity index (χ0v) is 16.6. The third-order valence-corrected chi connectivity index (χ3v) is 4.92. The lowest BCUT2D eigenvalue weighted by molar-refractivity contribution is -0.137. The van der Waals surface area contributed by atoms with Crippen LogP contribution in [-0.4, -0.2) is 56.0 Å². The van der Waals surface area contributed by atoms with Gasteiger partial charge >= 0.3 is 12.1 Å². The fourth-order valence-electron chi connectivity index (χ4n) is 3.55. The third-order valence-electron chi connectivity index (χ3n) is 4.92. The van der Waals surface area contributed by atoms with Crippen LogP contribution < -0.4 is 10.6 Å². The molecule has 0 heterocycles. The van der Waals surface area contributed by atoms with Crippen molar-refractivity contribution in [1.29, 1.82) is 0 Å². The molecular weight excluding hydrogens is 388 g/mol. The summed E-state index contributed by atoms with van der Waals surface area (Å²) in [5.41, 5.74) is 4.42. The van der Waals surface area contributed by atoms with Gasteiger partial charge < -0.3 is 25.2 Å². The van der Waals surface area contributed by atoms with Crippen LogP contribution in [0.5, 0.6) is 0 Å². The van der Waals surface area contributed by atoms with E-state index in [4.69, 9.17) is 14.6 Å². The van der Waals surface area contributed by atoms with Gasteiger partial charge in [-0.15, -0.1) is 0 Å². The van der Waals surface area contributed by atoms with E-state index in [9.17, 15) is 14.4 Å². The number of aliphatic carboxylic acids is 1. The Balaban J connectivity index is 1.60. The average molecular weight is 412 g/mol. The van der Waals surface area contributed by atoms with Crippen molar-refractivity contribution >= 4 is 18.0 Å². The summed E-state index contributed by atoms with van der Waals surface area (Å²) < 4.78 is 10.4. The van der Waals surface area contributed by atoms with Gasteiger partial charge in [-0.3, -0.25) is 9.59 Å². The largest absolute Gasteiger partial charge is 0.481 e. The highest BCUT2D eigenvalue weighted by molar-refractivity contribution is 5.86. The molecule has 2 aromatic carbocycles. The fraction of sp³-hybridized carbons (Fsp3) is 0.318. The van der Waals surface area contributed by atoms with Gasteiger partial charge in [0.2, 0.25) is 5.91 Å². The molecule has 0 fully saturated rings. The molecule has 0 aromatic heterocycles. The Kier molecular flexibility index (Phi) is 7.03. The molecule has 2 amide bonds. The molecular formula is C22H24N2O6. The Bertz CT molecular complexity index is 884. The van der Waals surface area contributed by atoms with Gasteiger partial charge in [0.1, 0.15) is 12.6 Å². The van der Waals surface area contributed by atoms with Crippen LogP contribution in [0, 0.1) is 0 Å². The van der Waals surface area contributed by atoms with Gasteiger partial charge in [-0.25, -0.2) is 4.79 Å². The molecule has 8 heteroatoms. The van der Waals surface area contributed by atoms with E-state index in [2.05, 4.69) is 10.6 Å². The molecule has 0 spiro atoms. The third kappa shape index (κ3) is 4.96. The number of carbonyl (C=O) groups excluding carboxylic acids is 2. The lowest BCUT2D eigenvalue weighted by Gasteiger charge is -2.19. The summed E-state index contributed by atoms with van der Waals surface area (Å²) in [5.74, 6) is -1.65. The molecule has 158 valence electrons. The number of amides is 2. The molecule has 0 bridgehead atoms. The highest BCUT2D eigenvalue weighted by atomic mass is 16.5. The number of carboxylic acid groups (broad SMARTS) is 1. The van der Waals surface area contributed by atoms with Crippen molar-refractivity contribution in [2.24, 2.45) is 0 Å². The molecule has 30 heavy (non-hydrogen) atoms. The van der Waals surface area contributed by atoms with Crippen molar-refractivity contribution in [3.8, 4) is 11.1 Å². The van der Waals surface area contributed by atoms with Crippen molar-refractivity contribution in [3.05, 3.63) is 59.7 Å². The normalized spacial score (nSPS) is 13.1. The summed E-state index contributed by atoms with van der Waals surface area (Å²) in [6, 6.07) is 15.0. The van der Waals surface area contributed by atoms with E-state index in [0.717, 1.165) is 22.3 Å². The molecule has 8 nitrogen and oxygen atoms in total. The second-order valence-electron chi connectivity index (χ2n) is 6.91. The maximum atomic E-state index is 12.3. The number of alkyl carbamates (subject to hydrolysis) is 1. The van der Waals surface area contributed by atoms with Crippen LogP contribution in [0.4, 0.5) is 4.79 Å². The number of fused-ring (bicyclic) bond motifs is 3. The quantitative estimate of drug-likeness (QED) is 0.581. The second kappa shape index (κ2) is 9.89. The minimum atomic E-state index is -1.02. The van der Waals surface area contributed by atoms with E-state index in [0.29, 0.717) is 0 Å². The van der Waals surface area contributed by atoms with Gasteiger partial charge in [-0.2, -0.15) is 0 Å². The number of rotatable bonds is 9. The molecule has 3 rings (SSSR count). The smallest absolute Gasteiger partial charge is 0.407 e. The minimum Gasteiger partial charge on any atom is -0.481 e. The molecule has 0 radical (unpaired) electrons. The summed E-state index contributed by atoms with van der Waals surface area (Å²) in [4.78, 5) is 35.1. The topological polar surface area (TPSA) is 114 Å². The van der Waals surface area contributed by atoms with Gasteiger partial charge in [0, 0.05) is 19.6 Å². The van der Waals surface area contributed by atoms with Gasteiger partial charge in [0.05, 0.1) is 13.0 Å². The molecule has 0 aliphatic heterocycles. The highest BCUT2D eigenvalue weighted by Crippen LogP contribution is 2.44. The highest BCUT2D eigenvalue weighted by Gasteiger charge is 2.29. The van der Waals surface area contributed by atoms with Crippen molar-refractivity contribution < 1.29 is 29.0 Å². The zero-order valence-electron chi connectivity index (χ0n) is 16.6. The predicted octanol–water partition coefficient (Wildman–Crippen LogP) is 2.13. The standard InChI is InChI=1S/C22H24N2O6/c1-29-13-19(21(27)23-11-10-20(25)26)24-22(28)30-12-18-16-8-4-2-6-14(16)15-7-3-5-9-17(15)18/h2-9,18-19H,10-13H2,1H3,(H,23,27)(H,24,28)(H,25,26). The summed E-state index contributed by atoms with van der Waals surface area (Å²) in [6.07, 6.45) is -0.955. The van der Waals surface area contributed by atoms with Crippen LogP contribution in [0.2, 0.25) is 0 Å². The number of methoxy groups -OCH3 is 1. The van der Waals surface area contributed by atoms with E-state index >= 15 is 0 Å². The van der Waals surface area contributed by atoms with Gasteiger partial charge in [0.25, 0.3) is 0 Å². The Morgan fingerprint density at radius 2 is 1.63 bits per heavy atom. The zero-order chi connectivity index (χ0) is 21.5. The minimum absolute atomic E-state index is 0.0409. The van der Waals surface area contributed by atoms with Crippen LogP contribution in [0.3, 0.4) is 0 Å². The van der Waals surface area contributed by atoms with Crippen LogP contribution in [0.25, 0.3) is 11.1 Å². The number of carbonyl (C=O) groups is 3. The van der Waals surface area contributed by atoms with Crippen molar-refractivity contribution in [1.82, 2.24) is 10.6 Å². The lowest BCUT2D eigenvalue weighted by Crippen LogP contribution is -2.49. The van der Waals surface area contributed by atoms with Crippen LogP contribution in [0.15, 0.2) is 48.5 Å². The van der Waals surface area contributed by atoms with E-state index in [1.807, 2.05) is 48.5 Å². The van der Waals surface area contributed by atoms with E-state index in [-0.39, 0.29) is 32.1 Å². The van der Waals surface area contributed by atoms with Crippen molar-refractivity contribution in [3.63, 3.8) is 0 Å². The van der Waals surface area contributed by atoms with Crippen LogP contribution >= 0.6 is 0 Å². The van der Waals surface area contributed by atoms with Gasteiger partial charge in [-0.05, 0) is 22.3 Å². The molecule has 0 saturated heterocycles. The maximum Gasteiger partial charge on any atom is 0.407 e. The summed E-state index contributed by atoms with van der Waals surface area (Å²) in [7, 11) is 1.40. The molecule has 1 atom stereocenters. The van der Waals surface area contributed by atoms with Crippen molar-refractivity contribution in [2.45, 2.75) is 18.4 Å². The first-order valence-electron chi connectivity index (χ1n) is 9.61. The summed E-state index contributed by atoms with van der Waals surface area (Å²) in [5, 5.41) is 13.6. The van der Waals surface area contributed by atoms with E-state index in [1.165, 1.54) is 7.11 Å². The second-order valence-corrected chi connectivity index (χ2v) is 6.91. The number of hydrogen-bond donors (Lipinski definition) is 3. The average Bonchev–Trinajstić information content (AvgIpc) is 3.05. The first-order valence-corrected chi connectivity index (χ1v) is 9.61. The lowest BCUT2D eigenvalue weighted by atomic mass is 9.98. The van der Waals surface area contributed by atoms with Crippen molar-refractivity contribution in [2.75, 3.05) is 26.9 Å².